The fourth-order valence-electron chi connectivity index (χ4n) is 4.23. The summed E-state index contributed by atoms with van der Waals surface area (Å²) < 4.78 is 2.50. The molecule has 4 aromatic rings. The third kappa shape index (κ3) is 1.81. The summed E-state index contributed by atoms with van der Waals surface area (Å²) in [6.07, 6.45) is 0. The van der Waals surface area contributed by atoms with Crippen LogP contribution in [-0.2, 0) is 6.54 Å². The van der Waals surface area contributed by atoms with Crippen molar-refractivity contribution in [2.24, 2.45) is 0 Å². The minimum atomic E-state index is 0.457. The zero-order valence-corrected chi connectivity index (χ0v) is 13.7. The molecule has 24 heavy (non-hydrogen) atoms. The normalized spacial score (nSPS) is 15.5. The molecule has 0 bridgehead atoms. The van der Waals surface area contributed by atoms with Crippen molar-refractivity contribution in [3.05, 3.63) is 95.6 Å². The second-order valence-electron chi connectivity index (χ2n) is 6.66. The van der Waals surface area contributed by atoms with Crippen LogP contribution in [-0.4, -0.2) is 4.57 Å². The van der Waals surface area contributed by atoms with E-state index in [9.17, 15) is 0 Å². The van der Waals surface area contributed by atoms with E-state index in [1.165, 1.54) is 38.9 Å². The lowest BCUT2D eigenvalue weighted by Crippen LogP contribution is -2.01. The Balaban J connectivity index is 1.82. The highest BCUT2D eigenvalue weighted by Gasteiger charge is 2.31. The van der Waals surface area contributed by atoms with Crippen LogP contribution in [0.25, 0.3) is 22.2 Å². The smallest absolute Gasteiger partial charge is 0.0536 e. The summed E-state index contributed by atoms with van der Waals surface area (Å²) in [7, 11) is 0. The van der Waals surface area contributed by atoms with Gasteiger partial charge in [-0.25, -0.2) is 0 Å². The summed E-state index contributed by atoms with van der Waals surface area (Å²) in [6.45, 7) is 3.25. The van der Waals surface area contributed by atoms with Crippen LogP contribution >= 0.6 is 0 Å². The van der Waals surface area contributed by atoms with E-state index >= 15 is 0 Å². The molecule has 0 N–H and O–H groups in total. The summed E-state index contributed by atoms with van der Waals surface area (Å²) in [5.74, 6) is 0.457. The molecule has 3 aromatic carbocycles. The number of rotatable bonds is 2. The third-order valence-corrected chi connectivity index (χ3v) is 5.31. The fraction of sp³-hybridized carbons (Fsp3) is 0.130. The summed E-state index contributed by atoms with van der Waals surface area (Å²) in [6, 6.07) is 28.5. The van der Waals surface area contributed by atoms with Crippen LogP contribution in [0.1, 0.15) is 29.5 Å². The molecule has 0 radical (unpaired) electrons. The van der Waals surface area contributed by atoms with Gasteiger partial charge in [0.15, 0.2) is 0 Å². The second kappa shape index (κ2) is 5.10. The summed E-state index contributed by atoms with van der Waals surface area (Å²) in [4.78, 5) is 0. The topological polar surface area (TPSA) is 4.93 Å². The summed E-state index contributed by atoms with van der Waals surface area (Å²) in [5, 5.41) is 1.40. The second-order valence-corrected chi connectivity index (χ2v) is 6.66. The molecular weight excluding hydrogens is 290 g/mol. The molecule has 1 nitrogen and oxygen atoms in total. The van der Waals surface area contributed by atoms with Crippen LogP contribution in [0.2, 0.25) is 0 Å². The van der Waals surface area contributed by atoms with Crippen molar-refractivity contribution in [1.29, 1.82) is 0 Å². The van der Waals surface area contributed by atoms with E-state index < -0.39 is 0 Å². The molecule has 0 saturated heterocycles. The molecule has 0 amide bonds. The number of benzene rings is 3. The fourth-order valence-corrected chi connectivity index (χ4v) is 4.23. The van der Waals surface area contributed by atoms with Gasteiger partial charge in [0.2, 0.25) is 0 Å². The number of aromatic nitrogens is 1. The van der Waals surface area contributed by atoms with E-state index in [0.717, 1.165) is 6.54 Å². The van der Waals surface area contributed by atoms with Crippen molar-refractivity contribution in [3.63, 3.8) is 0 Å². The van der Waals surface area contributed by atoms with Crippen molar-refractivity contribution >= 4 is 10.9 Å². The highest BCUT2D eigenvalue weighted by Crippen LogP contribution is 2.49. The van der Waals surface area contributed by atoms with Crippen LogP contribution in [0, 0.1) is 0 Å². The van der Waals surface area contributed by atoms with Gasteiger partial charge in [-0.05, 0) is 22.8 Å². The molecule has 0 aliphatic heterocycles. The Labute approximate surface area is 142 Å². The van der Waals surface area contributed by atoms with E-state index in [1.807, 2.05) is 0 Å². The first-order chi connectivity index (χ1) is 11.8. The number of fused-ring (bicyclic) bond motifs is 5. The first-order valence-electron chi connectivity index (χ1n) is 8.59. The van der Waals surface area contributed by atoms with Crippen LogP contribution < -0.4 is 0 Å². The van der Waals surface area contributed by atoms with Gasteiger partial charge in [0.1, 0.15) is 0 Å². The standard InChI is InChI=1S/C23H19N/c1-16-18-11-5-6-12-19(18)23-22(16)20-13-7-8-14-21(20)24(23)15-17-9-3-2-4-10-17/h2-14,16H,15H2,1H3. The van der Waals surface area contributed by atoms with Gasteiger partial charge >= 0.3 is 0 Å². The Kier molecular flexibility index (Phi) is 2.90. The molecule has 1 aliphatic carbocycles. The first-order valence-corrected chi connectivity index (χ1v) is 8.59. The molecule has 0 fully saturated rings. The number of hydrogen-bond acceptors (Lipinski definition) is 0. The SMILES string of the molecule is CC1c2ccccc2-c2c1c1ccccc1n2Cc1ccccc1. The number of hydrogen-bond donors (Lipinski definition) is 0. The van der Waals surface area contributed by atoms with Crippen LogP contribution in [0.5, 0.6) is 0 Å². The number of para-hydroxylation sites is 1. The highest BCUT2D eigenvalue weighted by molar-refractivity contribution is 5.96. The van der Waals surface area contributed by atoms with Gasteiger partial charge in [-0.2, -0.15) is 0 Å². The summed E-state index contributed by atoms with van der Waals surface area (Å²) in [5.41, 5.74) is 8.43. The Morgan fingerprint density at radius 3 is 2.38 bits per heavy atom. The molecule has 5 rings (SSSR count). The van der Waals surface area contributed by atoms with Gasteiger partial charge in [0.05, 0.1) is 5.69 Å². The van der Waals surface area contributed by atoms with E-state index in [2.05, 4.69) is 90.4 Å². The van der Waals surface area contributed by atoms with Crippen LogP contribution in [0.4, 0.5) is 0 Å². The van der Waals surface area contributed by atoms with Gasteiger partial charge in [-0.15, -0.1) is 0 Å². The molecule has 1 heteroatoms. The maximum absolute atomic E-state index is 2.50. The summed E-state index contributed by atoms with van der Waals surface area (Å²) >= 11 is 0. The van der Waals surface area contributed by atoms with Crippen LogP contribution in [0.3, 0.4) is 0 Å². The monoisotopic (exact) mass is 309 g/mol. The average molecular weight is 309 g/mol. The quantitative estimate of drug-likeness (QED) is 0.439. The molecule has 0 spiro atoms. The average Bonchev–Trinajstić information content (AvgIpc) is 3.11. The lowest BCUT2D eigenvalue weighted by Gasteiger charge is -2.12. The maximum atomic E-state index is 2.50. The van der Waals surface area contributed by atoms with Gasteiger partial charge in [-0.1, -0.05) is 79.7 Å². The largest absolute Gasteiger partial charge is 0.336 e. The van der Waals surface area contributed by atoms with Gasteiger partial charge in [0.25, 0.3) is 0 Å². The minimum Gasteiger partial charge on any atom is -0.336 e. The van der Waals surface area contributed by atoms with Gasteiger partial charge in [0, 0.05) is 28.9 Å². The molecule has 0 saturated carbocycles. The Morgan fingerprint density at radius 2 is 1.50 bits per heavy atom. The third-order valence-electron chi connectivity index (χ3n) is 5.31. The van der Waals surface area contributed by atoms with Crippen molar-refractivity contribution in [3.8, 4) is 11.3 Å². The molecule has 1 heterocycles. The lowest BCUT2D eigenvalue weighted by molar-refractivity contribution is 0.843. The Bertz CT molecular complexity index is 1040. The molecule has 1 atom stereocenters. The van der Waals surface area contributed by atoms with Crippen molar-refractivity contribution in [1.82, 2.24) is 4.57 Å². The zero-order chi connectivity index (χ0) is 16.1. The van der Waals surface area contributed by atoms with E-state index in [-0.39, 0.29) is 0 Å². The van der Waals surface area contributed by atoms with Gasteiger partial charge < -0.3 is 4.57 Å². The molecule has 1 aromatic heterocycles. The lowest BCUT2D eigenvalue weighted by atomic mass is 9.97. The maximum Gasteiger partial charge on any atom is 0.0536 e. The highest BCUT2D eigenvalue weighted by atomic mass is 15.0. The zero-order valence-electron chi connectivity index (χ0n) is 13.7. The Morgan fingerprint density at radius 1 is 0.792 bits per heavy atom. The molecule has 116 valence electrons. The minimum absolute atomic E-state index is 0.457. The first kappa shape index (κ1) is 13.6. The predicted octanol–water partition coefficient (Wildman–Crippen LogP) is 5.82. The van der Waals surface area contributed by atoms with Crippen molar-refractivity contribution in [2.45, 2.75) is 19.4 Å². The van der Waals surface area contributed by atoms with E-state index in [1.54, 1.807) is 0 Å². The molecule has 1 aliphatic rings. The van der Waals surface area contributed by atoms with E-state index in [4.69, 9.17) is 0 Å². The number of nitrogens with zero attached hydrogens (tertiary/aromatic N) is 1. The molecular formula is C23H19N. The van der Waals surface area contributed by atoms with E-state index in [0.29, 0.717) is 5.92 Å². The Hall–Kier alpha value is -2.80. The molecule has 1 unspecified atom stereocenters. The van der Waals surface area contributed by atoms with Crippen molar-refractivity contribution in [2.75, 3.05) is 0 Å². The predicted molar refractivity (Wildman–Crippen MR) is 100 cm³/mol. The van der Waals surface area contributed by atoms with Crippen LogP contribution in [0.15, 0.2) is 78.9 Å². The van der Waals surface area contributed by atoms with Gasteiger partial charge in [-0.3, -0.25) is 0 Å². The van der Waals surface area contributed by atoms with Crippen molar-refractivity contribution < 1.29 is 0 Å².